The summed E-state index contributed by atoms with van der Waals surface area (Å²) in [5.41, 5.74) is 1.09. The average Bonchev–Trinajstić information content (AvgIpc) is 3.15. The molecule has 8 heteroatoms. The molecule has 0 fully saturated rings. The van der Waals surface area contributed by atoms with E-state index in [1.54, 1.807) is 19.9 Å². The molecule has 0 saturated carbocycles. The topological polar surface area (TPSA) is 95.9 Å². The maximum Gasteiger partial charge on any atom is 0.323 e. The van der Waals surface area contributed by atoms with Crippen molar-refractivity contribution in [3.63, 3.8) is 0 Å². The summed E-state index contributed by atoms with van der Waals surface area (Å²) in [5, 5.41) is 2.24. The Morgan fingerprint density at radius 3 is 2.70 bits per heavy atom. The summed E-state index contributed by atoms with van der Waals surface area (Å²) in [6, 6.07) is 8.40. The Morgan fingerprint density at radius 1 is 1.37 bits per heavy atom. The van der Waals surface area contributed by atoms with Crippen molar-refractivity contribution in [3.8, 4) is 0 Å². The number of nitrogens with zero attached hydrogens (tertiary/aromatic N) is 1. The molecule has 0 bridgehead atoms. The molecule has 1 aromatic carbocycles. The molecule has 0 spiro atoms. The molecule has 148 valence electrons. The Bertz CT molecular complexity index is 695. The molecular weight excluding hydrogens is 368 g/mol. The molecule has 1 heterocycles. The first kappa shape index (κ1) is 21.3. The van der Waals surface area contributed by atoms with E-state index in [1.807, 2.05) is 30.3 Å². The summed E-state index contributed by atoms with van der Waals surface area (Å²) in [6.45, 7) is 3.63. The van der Waals surface area contributed by atoms with E-state index >= 15 is 0 Å². The van der Waals surface area contributed by atoms with Gasteiger partial charge < -0.3 is 14.2 Å². The lowest BCUT2D eigenvalue weighted by atomic mass is 10.0. The Hall–Kier alpha value is -2.03. The van der Waals surface area contributed by atoms with Crippen molar-refractivity contribution in [2.24, 2.45) is 0 Å². The van der Waals surface area contributed by atoms with Crippen LogP contribution >= 0.6 is 0 Å². The summed E-state index contributed by atoms with van der Waals surface area (Å²) in [7, 11) is 0. The number of carbonyl (C=O) groups excluding carboxylic acids is 2. The van der Waals surface area contributed by atoms with Gasteiger partial charge in [0.05, 0.1) is 12.6 Å². The van der Waals surface area contributed by atoms with Crippen molar-refractivity contribution in [1.29, 1.82) is 0 Å². The Kier molecular flexibility index (Phi) is 8.15. The summed E-state index contributed by atoms with van der Waals surface area (Å²) in [4.78, 5) is 26.2. The molecule has 0 aliphatic carbocycles. The van der Waals surface area contributed by atoms with E-state index in [0.29, 0.717) is 19.3 Å². The van der Waals surface area contributed by atoms with E-state index in [-0.39, 0.29) is 12.5 Å². The Balaban J connectivity index is 2.02. The Morgan fingerprint density at radius 2 is 2.07 bits per heavy atom. The smallest absolute Gasteiger partial charge is 0.323 e. The number of nitrogens with one attached hydrogen (secondary N) is 1. The van der Waals surface area contributed by atoms with Crippen LogP contribution in [-0.4, -0.2) is 49.6 Å². The average molecular weight is 394 g/mol. The monoisotopic (exact) mass is 394 g/mol. The van der Waals surface area contributed by atoms with Crippen molar-refractivity contribution in [2.45, 2.75) is 50.6 Å². The molecule has 2 N–H and O–H groups in total. The zero-order chi connectivity index (χ0) is 19.8. The molecule has 1 amide bonds. The van der Waals surface area contributed by atoms with Crippen LogP contribution in [0.2, 0.25) is 0 Å². The zero-order valence-electron chi connectivity index (χ0n) is 15.5. The van der Waals surface area contributed by atoms with E-state index in [2.05, 4.69) is 5.32 Å². The van der Waals surface area contributed by atoms with Crippen molar-refractivity contribution in [1.82, 2.24) is 10.2 Å². The predicted octanol–water partition coefficient (Wildman–Crippen LogP) is 1.82. The zero-order valence-corrected chi connectivity index (χ0v) is 16.4. The van der Waals surface area contributed by atoms with Crippen molar-refractivity contribution >= 4 is 23.0 Å². The molecule has 27 heavy (non-hydrogen) atoms. The highest BCUT2D eigenvalue weighted by atomic mass is 32.2. The second-order valence-corrected chi connectivity index (χ2v) is 7.41. The maximum atomic E-state index is 12.7. The fourth-order valence-corrected chi connectivity index (χ4v) is 3.60. The van der Waals surface area contributed by atoms with E-state index in [9.17, 15) is 18.4 Å². The van der Waals surface area contributed by atoms with E-state index in [1.165, 1.54) is 11.1 Å². The highest BCUT2D eigenvalue weighted by Crippen LogP contribution is 2.18. The van der Waals surface area contributed by atoms with E-state index in [4.69, 9.17) is 4.74 Å². The van der Waals surface area contributed by atoms with Gasteiger partial charge in [-0.2, -0.15) is 0 Å². The van der Waals surface area contributed by atoms with Gasteiger partial charge in [0.1, 0.15) is 11.4 Å². The molecular formula is C19H26N2O5S. The van der Waals surface area contributed by atoms with Gasteiger partial charge in [-0.3, -0.25) is 14.9 Å². The number of ether oxygens (including phenoxy) is 1. The highest BCUT2D eigenvalue weighted by Gasteiger charge is 2.33. The molecule has 0 radical (unpaired) electrons. The number of benzene rings is 1. The highest BCUT2D eigenvalue weighted by molar-refractivity contribution is 7.79. The number of rotatable bonds is 9. The largest absolute Gasteiger partial charge is 0.465 e. The number of hydrogen-bond donors (Lipinski definition) is 2. The lowest BCUT2D eigenvalue weighted by Gasteiger charge is -2.27. The van der Waals surface area contributed by atoms with E-state index < -0.39 is 34.5 Å². The normalized spacial score (nSPS) is 19.5. The maximum absolute atomic E-state index is 12.7. The van der Waals surface area contributed by atoms with Crippen molar-refractivity contribution in [2.75, 3.05) is 6.61 Å². The van der Waals surface area contributed by atoms with Gasteiger partial charge >= 0.3 is 5.97 Å². The standard InChI is InChI=1S/C19H26N2O5S/c1-3-26-19(23)16(12-11-15-8-5-4-6-9-15)20-14(2)18(22)21-13-7-10-17(21)27(24)25/h4-9,13-14,16-17,20H,3,10-12H2,1-2H3,(H,24,25)/t14?,16-,17+/m0/s1. The van der Waals surface area contributed by atoms with E-state index in [0.717, 1.165) is 5.56 Å². The van der Waals surface area contributed by atoms with Crippen LogP contribution in [0.4, 0.5) is 0 Å². The summed E-state index contributed by atoms with van der Waals surface area (Å²) < 4.78 is 25.9. The number of aryl methyl sites for hydroxylation is 1. The summed E-state index contributed by atoms with van der Waals surface area (Å²) in [5.74, 6) is -0.766. The molecule has 0 aromatic heterocycles. The molecule has 1 aliphatic heterocycles. The minimum atomic E-state index is -2.14. The number of hydrogen-bond acceptors (Lipinski definition) is 5. The molecule has 2 rings (SSSR count). The fraction of sp³-hybridized carbons (Fsp3) is 0.474. The Labute approximate surface area is 162 Å². The van der Waals surface area contributed by atoms with Gasteiger partial charge in [-0.05, 0) is 32.3 Å². The third kappa shape index (κ3) is 5.98. The predicted molar refractivity (Wildman–Crippen MR) is 103 cm³/mol. The first-order valence-corrected chi connectivity index (χ1v) is 10.2. The third-order valence-corrected chi connectivity index (χ3v) is 5.24. The first-order chi connectivity index (χ1) is 12.9. The summed E-state index contributed by atoms with van der Waals surface area (Å²) >= 11 is -2.14. The minimum Gasteiger partial charge on any atom is -0.465 e. The molecule has 0 saturated heterocycles. The van der Waals surface area contributed by atoms with Crippen LogP contribution in [0.1, 0.15) is 32.3 Å². The molecule has 1 aliphatic rings. The SMILES string of the molecule is CCOC(=O)[C@H](CCc1ccccc1)NC(C)C(=O)N1C=CC[C@H]1S(=O)O. The first-order valence-electron chi connectivity index (χ1n) is 8.99. The van der Waals surface area contributed by atoms with Gasteiger partial charge in [0.2, 0.25) is 5.91 Å². The molecule has 2 unspecified atom stereocenters. The van der Waals surface area contributed by atoms with Gasteiger partial charge in [-0.25, -0.2) is 4.21 Å². The number of amides is 1. The van der Waals surface area contributed by atoms with Crippen molar-refractivity contribution < 1.29 is 23.1 Å². The van der Waals surface area contributed by atoms with Gasteiger partial charge in [0, 0.05) is 12.6 Å². The van der Waals surface area contributed by atoms with Crippen LogP contribution in [0.25, 0.3) is 0 Å². The molecule has 1 aromatic rings. The lowest BCUT2D eigenvalue weighted by Crippen LogP contribution is -2.51. The second kappa shape index (κ2) is 10.3. The van der Waals surface area contributed by atoms with Crippen molar-refractivity contribution in [3.05, 3.63) is 48.2 Å². The van der Waals surface area contributed by atoms with Gasteiger partial charge in [-0.15, -0.1) is 0 Å². The van der Waals surface area contributed by atoms with Crippen LogP contribution in [0.3, 0.4) is 0 Å². The van der Waals surface area contributed by atoms with Gasteiger partial charge in [0.15, 0.2) is 11.1 Å². The number of carbonyl (C=O) groups is 2. The van der Waals surface area contributed by atoms with Gasteiger partial charge in [-0.1, -0.05) is 36.4 Å². The fourth-order valence-electron chi connectivity index (χ4n) is 2.96. The lowest BCUT2D eigenvalue weighted by molar-refractivity contribution is -0.146. The van der Waals surface area contributed by atoms with Crippen LogP contribution in [-0.2, 0) is 31.8 Å². The van der Waals surface area contributed by atoms with Crippen LogP contribution in [0, 0.1) is 0 Å². The third-order valence-electron chi connectivity index (χ3n) is 4.36. The minimum absolute atomic E-state index is 0.255. The molecule has 7 nitrogen and oxygen atoms in total. The van der Waals surface area contributed by atoms with Crippen LogP contribution in [0.15, 0.2) is 42.6 Å². The van der Waals surface area contributed by atoms with Crippen LogP contribution < -0.4 is 5.32 Å². The molecule has 4 atom stereocenters. The van der Waals surface area contributed by atoms with Gasteiger partial charge in [0.25, 0.3) is 0 Å². The second-order valence-electron chi connectivity index (χ2n) is 6.31. The quantitative estimate of drug-likeness (QED) is 0.490. The summed E-state index contributed by atoms with van der Waals surface area (Å²) in [6.07, 6.45) is 4.66. The van der Waals surface area contributed by atoms with Crippen LogP contribution in [0.5, 0.6) is 0 Å². The number of esters is 1.